The minimum absolute atomic E-state index is 0.133. The van der Waals surface area contributed by atoms with E-state index < -0.39 is 0 Å². The van der Waals surface area contributed by atoms with Gasteiger partial charge >= 0.3 is 5.69 Å². The molecule has 2 rings (SSSR count). The lowest BCUT2D eigenvalue weighted by atomic mass is 10.2. The summed E-state index contributed by atoms with van der Waals surface area (Å²) in [6.07, 6.45) is 2.14. The van der Waals surface area contributed by atoms with Crippen LogP contribution < -0.4 is 11.2 Å². The number of hydrogen-bond donors (Lipinski definition) is 0. The molecule has 0 N–H and O–H groups in total. The molecule has 7 heteroatoms. The Hall–Kier alpha value is -1.63. The van der Waals surface area contributed by atoms with E-state index in [9.17, 15) is 9.59 Å². The van der Waals surface area contributed by atoms with Crippen molar-refractivity contribution in [2.45, 2.75) is 44.6 Å². The Morgan fingerprint density at radius 3 is 2.41 bits per heavy atom. The summed E-state index contributed by atoms with van der Waals surface area (Å²) >= 11 is 1.56. The second-order valence-electron chi connectivity index (χ2n) is 5.65. The molecule has 0 aromatic carbocycles. The van der Waals surface area contributed by atoms with Gasteiger partial charge in [-0.1, -0.05) is 27.2 Å². The molecule has 0 aliphatic heterocycles. The molecule has 0 atom stereocenters. The molecule has 0 unspecified atom stereocenters. The van der Waals surface area contributed by atoms with Gasteiger partial charge in [0.1, 0.15) is 16.2 Å². The number of aryl methyl sites for hydroxylation is 1. The van der Waals surface area contributed by atoms with Crippen molar-refractivity contribution < 1.29 is 0 Å². The van der Waals surface area contributed by atoms with Crippen LogP contribution in [-0.2, 0) is 14.1 Å². The number of nitrogens with zero attached hydrogens (tertiary/aromatic N) is 4. The number of thioether (sulfide) groups is 1. The summed E-state index contributed by atoms with van der Waals surface area (Å²) in [5.41, 5.74) is -0.270. The van der Waals surface area contributed by atoms with Crippen molar-refractivity contribution >= 4 is 22.8 Å². The van der Waals surface area contributed by atoms with Gasteiger partial charge in [-0.05, 0) is 12.2 Å². The lowest BCUT2D eigenvalue weighted by molar-refractivity contribution is 0.689. The molecule has 0 spiro atoms. The van der Waals surface area contributed by atoms with Gasteiger partial charge in [0.15, 0.2) is 5.65 Å². The van der Waals surface area contributed by atoms with E-state index in [0.29, 0.717) is 21.9 Å². The smallest absolute Gasteiger partial charge is 0.280 e. The molecule has 6 nitrogen and oxygen atoms in total. The van der Waals surface area contributed by atoms with Gasteiger partial charge in [0.2, 0.25) is 0 Å². The molecule has 2 heterocycles. The van der Waals surface area contributed by atoms with Crippen LogP contribution in [-0.4, -0.2) is 24.9 Å². The first-order chi connectivity index (χ1) is 10.4. The van der Waals surface area contributed by atoms with Gasteiger partial charge in [0, 0.05) is 20.0 Å². The average Bonchev–Trinajstić information content (AvgIpc) is 2.50. The second kappa shape index (κ2) is 6.64. The van der Waals surface area contributed by atoms with E-state index in [1.165, 1.54) is 11.6 Å². The minimum Gasteiger partial charge on any atom is -0.280 e. The third-order valence-corrected chi connectivity index (χ3v) is 4.60. The Morgan fingerprint density at radius 2 is 1.82 bits per heavy atom. The normalized spacial score (nSPS) is 11.5. The van der Waals surface area contributed by atoms with E-state index in [2.05, 4.69) is 16.9 Å². The number of aromatic nitrogens is 4. The van der Waals surface area contributed by atoms with Crippen LogP contribution in [0.15, 0.2) is 14.6 Å². The van der Waals surface area contributed by atoms with Gasteiger partial charge < -0.3 is 0 Å². The first kappa shape index (κ1) is 16.7. The molecule has 0 aliphatic rings. The Kier molecular flexibility index (Phi) is 5.05. The van der Waals surface area contributed by atoms with Gasteiger partial charge in [0.05, 0.1) is 0 Å². The highest BCUT2D eigenvalue weighted by Crippen LogP contribution is 2.25. The van der Waals surface area contributed by atoms with Crippen molar-refractivity contribution in [2.24, 2.45) is 14.1 Å². The quantitative estimate of drug-likeness (QED) is 0.479. The Morgan fingerprint density at radius 1 is 1.14 bits per heavy atom. The third-order valence-electron chi connectivity index (χ3n) is 3.54. The zero-order chi connectivity index (χ0) is 16.4. The molecule has 0 radical (unpaired) electrons. The van der Waals surface area contributed by atoms with Crippen molar-refractivity contribution in [2.75, 3.05) is 5.75 Å². The van der Waals surface area contributed by atoms with Crippen molar-refractivity contribution in [3.8, 4) is 0 Å². The van der Waals surface area contributed by atoms with Crippen molar-refractivity contribution in [3.05, 3.63) is 26.7 Å². The molecule has 120 valence electrons. The highest BCUT2D eigenvalue weighted by molar-refractivity contribution is 7.99. The maximum absolute atomic E-state index is 12.5. The van der Waals surface area contributed by atoms with Gasteiger partial charge in [-0.25, -0.2) is 14.8 Å². The molecule has 0 aliphatic carbocycles. The van der Waals surface area contributed by atoms with Crippen LogP contribution >= 0.6 is 11.8 Å². The second-order valence-corrected chi connectivity index (χ2v) is 6.73. The highest BCUT2D eigenvalue weighted by atomic mass is 32.2. The largest absolute Gasteiger partial charge is 0.332 e. The van der Waals surface area contributed by atoms with Crippen LogP contribution in [0.2, 0.25) is 0 Å². The summed E-state index contributed by atoms with van der Waals surface area (Å²) in [6, 6.07) is 0. The average molecular weight is 322 g/mol. The summed E-state index contributed by atoms with van der Waals surface area (Å²) in [5, 5.41) is 1.12. The number of unbranched alkanes of at least 4 members (excludes halogenated alkanes) is 1. The van der Waals surface area contributed by atoms with E-state index in [-0.39, 0.29) is 17.2 Å². The Labute approximate surface area is 133 Å². The molecule has 0 saturated heterocycles. The van der Waals surface area contributed by atoms with E-state index in [1.54, 1.807) is 18.8 Å². The number of rotatable bonds is 5. The van der Waals surface area contributed by atoms with Gasteiger partial charge in [-0.2, -0.15) is 0 Å². The highest BCUT2D eigenvalue weighted by Gasteiger charge is 2.18. The lowest BCUT2D eigenvalue weighted by Gasteiger charge is -2.13. The van der Waals surface area contributed by atoms with E-state index in [0.717, 1.165) is 23.2 Å². The van der Waals surface area contributed by atoms with Gasteiger partial charge in [-0.3, -0.25) is 13.9 Å². The predicted molar refractivity (Wildman–Crippen MR) is 89.7 cm³/mol. The SMILES string of the molecule is CCCCSc1nc(C(C)C)nc2c1c(=O)n(C)c(=O)n2C. The van der Waals surface area contributed by atoms with Crippen LogP contribution in [0.4, 0.5) is 0 Å². The first-order valence-corrected chi connectivity index (χ1v) is 8.47. The Bertz CT molecular complexity index is 808. The van der Waals surface area contributed by atoms with Crippen molar-refractivity contribution in [1.82, 2.24) is 19.1 Å². The summed E-state index contributed by atoms with van der Waals surface area (Å²) < 4.78 is 2.54. The van der Waals surface area contributed by atoms with Crippen molar-refractivity contribution in [3.63, 3.8) is 0 Å². The molecule has 2 aromatic rings. The van der Waals surface area contributed by atoms with Gasteiger partial charge in [-0.15, -0.1) is 11.8 Å². The zero-order valence-electron chi connectivity index (χ0n) is 13.7. The monoisotopic (exact) mass is 322 g/mol. The molecular weight excluding hydrogens is 300 g/mol. The fraction of sp³-hybridized carbons (Fsp3) is 0.600. The predicted octanol–water partition coefficient (Wildman–Crippen LogP) is 2.04. The number of hydrogen-bond acceptors (Lipinski definition) is 5. The lowest BCUT2D eigenvalue weighted by Crippen LogP contribution is -2.38. The molecule has 0 saturated carbocycles. The molecule has 22 heavy (non-hydrogen) atoms. The molecule has 0 amide bonds. The zero-order valence-corrected chi connectivity index (χ0v) is 14.5. The standard InChI is InChI=1S/C15H22N4O2S/c1-6-7-8-22-13-10-12(16-11(17-13)9(2)3)18(4)15(21)19(5)14(10)20/h9H,6-8H2,1-5H3. The maximum Gasteiger partial charge on any atom is 0.332 e. The van der Waals surface area contributed by atoms with E-state index in [4.69, 9.17) is 0 Å². The Balaban J connectivity index is 2.79. The molecular formula is C15H22N4O2S. The summed E-state index contributed by atoms with van der Waals surface area (Å²) in [4.78, 5) is 33.6. The van der Waals surface area contributed by atoms with Crippen LogP contribution in [0.1, 0.15) is 45.4 Å². The summed E-state index contributed by atoms with van der Waals surface area (Å²) in [6.45, 7) is 6.13. The summed E-state index contributed by atoms with van der Waals surface area (Å²) in [7, 11) is 3.13. The van der Waals surface area contributed by atoms with Crippen molar-refractivity contribution in [1.29, 1.82) is 0 Å². The van der Waals surface area contributed by atoms with Gasteiger partial charge in [0.25, 0.3) is 5.56 Å². The van der Waals surface area contributed by atoms with Crippen LogP contribution in [0.3, 0.4) is 0 Å². The molecule has 2 aromatic heterocycles. The molecule has 0 fully saturated rings. The fourth-order valence-electron chi connectivity index (χ4n) is 2.12. The van der Waals surface area contributed by atoms with Crippen LogP contribution in [0.25, 0.3) is 11.0 Å². The molecule has 0 bridgehead atoms. The van der Waals surface area contributed by atoms with E-state index in [1.807, 2.05) is 13.8 Å². The summed E-state index contributed by atoms with van der Waals surface area (Å²) in [5.74, 6) is 1.69. The van der Waals surface area contributed by atoms with Crippen LogP contribution in [0.5, 0.6) is 0 Å². The number of fused-ring (bicyclic) bond motifs is 1. The topological polar surface area (TPSA) is 69.8 Å². The van der Waals surface area contributed by atoms with Crippen LogP contribution in [0, 0.1) is 0 Å². The fourth-order valence-corrected chi connectivity index (χ4v) is 3.23. The maximum atomic E-state index is 12.5. The first-order valence-electron chi connectivity index (χ1n) is 7.48. The van der Waals surface area contributed by atoms with E-state index >= 15 is 0 Å². The third kappa shape index (κ3) is 2.95. The minimum atomic E-state index is -0.365.